The Bertz CT molecular complexity index is 393. The van der Waals surface area contributed by atoms with E-state index in [1.807, 2.05) is 0 Å². The number of alkyl halides is 2. The maximum Gasteiger partial charge on any atom is 0.322 e. The van der Waals surface area contributed by atoms with E-state index in [0.29, 0.717) is 0 Å². The molecule has 0 aromatic heterocycles. The van der Waals surface area contributed by atoms with Gasteiger partial charge in [-0.15, -0.1) is 0 Å². The van der Waals surface area contributed by atoms with Crippen molar-refractivity contribution in [3.63, 3.8) is 0 Å². The highest BCUT2D eigenvalue weighted by Crippen LogP contribution is 2.26. The third kappa shape index (κ3) is 7.10. The van der Waals surface area contributed by atoms with Crippen LogP contribution in [0, 0.1) is 5.41 Å². The maximum atomic E-state index is 11.7. The molecule has 8 heteroatoms. The molecule has 0 rings (SSSR count). The quantitative estimate of drug-likeness (QED) is 0.339. The van der Waals surface area contributed by atoms with Crippen molar-refractivity contribution in [2.45, 2.75) is 43.3 Å². The van der Waals surface area contributed by atoms with E-state index in [0.717, 1.165) is 0 Å². The molecule has 21 heavy (non-hydrogen) atoms. The molecule has 0 spiro atoms. The average Bonchev–Trinajstić information content (AvgIpc) is 2.30. The second kappa shape index (κ2) is 7.42. The van der Waals surface area contributed by atoms with Crippen molar-refractivity contribution in [2.75, 3.05) is 13.2 Å². The SMILES string of the molecule is CC(C)(Br)C(=O)OCC(C)(COC(=O)C(C)(C)Br)C(=O)Cl. The first-order valence-electron chi connectivity index (χ1n) is 6.12. The molecular weight excluding hydrogens is 431 g/mol. The summed E-state index contributed by atoms with van der Waals surface area (Å²) in [4.78, 5) is 34.9. The van der Waals surface area contributed by atoms with Crippen molar-refractivity contribution in [2.24, 2.45) is 5.41 Å². The van der Waals surface area contributed by atoms with Crippen molar-refractivity contribution in [1.82, 2.24) is 0 Å². The van der Waals surface area contributed by atoms with Gasteiger partial charge in [0.2, 0.25) is 5.24 Å². The fourth-order valence-corrected chi connectivity index (χ4v) is 1.29. The van der Waals surface area contributed by atoms with E-state index in [1.165, 1.54) is 6.92 Å². The number of carbonyl (C=O) groups excluding carboxylic acids is 3. The van der Waals surface area contributed by atoms with Crippen LogP contribution in [-0.4, -0.2) is 39.0 Å². The van der Waals surface area contributed by atoms with Crippen molar-refractivity contribution in [3.05, 3.63) is 0 Å². The molecule has 0 unspecified atom stereocenters. The highest BCUT2D eigenvalue weighted by molar-refractivity contribution is 9.10. The molecule has 0 bridgehead atoms. The Morgan fingerprint density at radius 2 is 1.14 bits per heavy atom. The van der Waals surface area contributed by atoms with E-state index in [-0.39, 0.29) is 13.2 Å². The molecule has 0 radical (unpaired) electrons. The molecule has 0 N–H and O–H groups in total. The Labute approximate surface area is 146 Å². The number of halogens is 3. The van der Waals surface area contributed by atoms with Gasteiger partial charge < -0.3 is 9.47 Å². The molecule has 0 aliphatic carbocycles. The summed E-state index contributed by atoms with van der Waals surface area (Å²) in [6.07, 6.45) is 0. The fourth-order valence-electron chi connectivity index (χ4n) is 0.948. The van der Waals surface area contributed by atoms with Gasteiger partial charge in [-0.05, 0) is 46.2 Å². The molecule has 5 nitrogen and oxygen atoms in total. The van der Waals surface area contributed by atoms with E-state index in [2.05, 4.69) is 31.9 Å². The molecule has 0 aromatic carbocycles. The topological polar surface area (TPSA) is 69.7 Å². The molecule has 0 aliphatic rings. The van der Waals surface area contributed by atoms with Gasteiger partial charge >= 0.3 is 11.9 Å². The van der Waals surface area contributed by atoms with Gasteiger partial charge in [-0.3, -0.25) is 14.4 Å². The summed E-state index contributed by atoms with van der Waals surface area (Å²) >= 11 is 11.8. The monoisotopic (exact) mass is 448 g/mol. The van der Waals surface area contributed by atoms with Crippen LogP contribution < -0.4 is 0 Å². The van der Waals surface area contributed by atoms with Gasteiger partial charge in [-0.2, -0.15) is 0 Å². The number of esters is 2. The van der Waals surface area contributed by atoms with Crippen LogP contribution in [0.5, 0.6) is 0 Å². The van der Waals surface area contributed by atoms with Crippen LogP contribution in [0.4, 0.5) is 0 Å². The highest BCUT2D eigenvalue weighted by atomic mass is 79.9. The largest absolute Gasteiger partial charge is 0.463 e. The molecule has 0 aliphatic heterocycles. The summed E-state index contributed by atoms with van der Waals surface area (Å²) in [6, 6.07) is 0. The number of hydrogen-bond acceptors (Lipinski definition) is 5. The molecule has 0 fully saturated rings. The normalized spacial score (nSPS) is 12.8. The van der Waals surface area contributed by atoms with Crippen molar-refractivity contribution in [1.29, 1.82) is 0 Å². The summed E-state index contributed by atoms with van der Waals surface area (Å²) in [5.41, 5.74) is -1.30. The maximum absolute atomic E-state index is 11.7. The minimum Gasteiger partial charge on any atom is -0.463 e. The third-order valence-corrected chi connectivity index (χ3v) is 3.59. The van der Waals surface area contributed by atoms with E-state index in [4.69, 9.17) is 21.1 Å². The zero-order chi connectivity index (χ0) is 17.1. The number of carbonyl (C=O) groups is 3. The zero-order valence-corrected chi connectivity index (χ0v) is 16.5. The minimum atomic E-state index is -1.30. The first kappa shape index (κ1) is 20.9. The van der Waals surface area contributed by atoms with Crippen molar-refractivity contribution >= 4 is 60.6 Å². The van der Waals surface area contributed by atoms with Gasteiger partial charge in [-0.1, -0.05) is 31.9 Å². The second-order valence-corrected chi connectivity index (χ2v) is 10.2. The Balaban J connectivity index is 4.77. The first-order valence-corrected chi connectivity index (χ1v) is 8.09. The van der Waals surface area contributed by atoms with Crippen LogP contribution in [0.15, 0.2) is 0 Å². The standard InChI is InChI=1S/C13H19Br2ClO5/c1-11(2,14)9(18)20-6-13(5,8(16)17)7-21-10(19)12(3,4)15/h6-7H2,1-5H3. The summed E-state index contributed by atoms with van der Waals surface area (Å²) in [7, 11) is 0. The summed E-state index contributed by atoms with van der Waals surface area (Å²) < 4.78 is 8.36. The van der Waals surface area contributed by atoms with Gasteiger partial charge in [0.25, 0.3) is 0 Å². The molecule has 122 valence electrons. The predicted octanol–water partition coefficient (Wildman–Crippen LogP) is 3.19. The molecule has 0 saturated heterocycles. The minimum absolute atomic E-state index is 0.279. The van der Waals surface area contributed by atoms with Gasteiger partial charge in [0.05, 0.1) is 0 Å². The lowest BCUT2D eigenvalue weighted by molar-refractivity contribution is -0.156. The zero-order valence-electron chi connectivity index (χ0n) is 12.6. The van der Waals surface area contributed by atoms with Gasteiger partial charge in [0, 0.05) is 0 Å². The smallest absolute Gasteiger partial charge is 0.322 e. The lowest BCUT2D eigenvalue weighted by atomic mass is 9.95. The van der Waals surface area contributed by atoms with Gasteiger partial charge in [-0.25, -0.2) is 0 Å². The van der Waals surface area contributed by atoms with Crippen LogP contribution in [0.2, 0.25) is 0 Å². The Kier molecular flexibility index (Phi) is 7.37. The van der Waals surface area contributed by atoms with E-state index >= 15 is 0 Å². The lowest BCUT2D eigenvalue weighted by Gasteiger charge is -2.27. The van der Waals surface area contributed by atoms with Crippen LogP contribution in [0.1, 0.15) is 34.6 Å². The predicted molar refractivity (Wildman–Crippen MR) is 86.9 cm³/mol. The summed E-state index contributed by atoms with van der Waals surface area (Å²) in [5, 5.41) is -0.747. The van der Waals surface area contributed by atoms with Gasteiger partial charge in [0.15, 0.2) is 0 Å². The first-order chi connectivity index (χ1) is 9.20. The fraction of sp³-hybridized carbons (Fsp3) is 0.769. The molecular formula is C13H19Br2ClO5. The van der Waals surface area contributed by atoms with Crippen LogP contribution in [0.3, 0.4) is 0 Å². The summed E-state index contributed by atoms with van der Waals surface area (Å²) in [5.74, 6) is -1.09. The lowest BCUT2D eigenvalue weighted by Crippen LogP contribution is -2.40. The number of ether oxygens (including phenoxy) is 2. The average molecular weight is 451 g/mol. The number of hydrogen-bond donors (Lipinski definition) is 0. The highest BCUT2D eigenvalue weighted by Gasteiger charge is 2.38. The van der Waals surface area contributed by atoms with E-state index in [1.54, 1.807) is 27.7 Å². The van der Waals surface area contributed by atoms with Crippen molar-refractivity contribution < 1.29 is 23.9 Å². The second-order valence-electron chi connectivity index (χ2n) is 5.93. The molecule has 0 saturated carbocycles. The van der Waals surface area contributed by atoms with Gasteiger partial charge in [0.1, 0.15) is 27.3 Å². The summed E-state index contributed by atoms with van der Waals surface area (Å²) in [6.45, 7) is 7.36. The van der Waals surface area contributed by atoms with E-state index < -0.39 is 31.2 Å². The molecule has 0 atom stereocenters. The Morgan fingerprint density at radius 1 is 0.857 bits per heavy atom. The van der Waals surface area contributed by atoms with Crippen LogP contribution >= 0.6 is 43.5 Å². The molecule has 0 aromatic rings. The van der Waals surface area contributed by atoms with Crippen LogP contribution in [-0.2, 0) is 23.9 Å². The Hall–Kier alpha value is -0.140. The third-order valence-electron chi connectivity index (χ3n) is 2.49. The van der Waals surface area contributed by atoms with Crippen LogP contribution in [0.25, 0.3) is 0 Å². The van der Waals surface area contributed by atoms with Crippen molar-refractivity contribution in [3.8, 4) is 0 Å². The van der Waals surface area contributed by atoms with E-state index in [9.17, 15) is 14.4 Å². The molecule has 0 heterocycles. The number of rotatable bonds is 7. The molecule has 0 amide bonds. The Morgan fingerprint density at radius 3 is 1.33 bits per heavy atom.